The van der Waals surface area contributed by atoms with Gasteiger partial charge in [0.05, 0.1) is 23.8 Å². The highest BCUT2D eigenvalue weighted by molar-refractivity contribution is 7.89. The summed E-state index contributed by atoms with van der Waals surface area (Å²) in [5, 5.41) is 3.77. The summed E-state index contributed by atoms with van der Waals surface area (Å²) >= 11 is 0. The van der Waals surface area contributed by atoms with E-state index in [1.54, 1.807) is 73.8 Å². The van der Waals surface area contributed by atoms with E-state index in [0.29, 0.717) is 22.6 Å². The average molecular weight is 410 g/mol. The van der Waals surface area contributed by atoms with Crippen molar-refractivity contribution < 1.29 is 22.7 Å². The molecule has 29 heavy (non-hydrogen) atoms. The summed E-state index contributed by atoms with van der Waals surface area (Å²) in [6.45, 7) is 0. The van der Waals surface area contributed by atoms with Gasteiger partial charge in [0.2, 0.25) is 0 Å². The van der Waals surface area contributed by atoms with Crippen molar-refractivity contribution in [1.29, 1.82) is 0 Å². The second-order valence-corrected chi connectivity index (χ2v) is 7.52. The van der Waals surface area contributed by atoms with Crippen LogP contribution in [0, 0.1) is 0 Å². The van der Waals surface area contributed by atoms with Crippen LogP contribution in [0.4, 0.5) is 0 Å². The van der Waals surface area contributed by atoms with Crippen LogP contribution in [0.3, 0.4) is 0 Å². The molecule has 0 spiro atoms. The molecule has 0 saturated heterocycles. The molecule has 0 saturated carbocycles. The minimum atomic E-state index is -3.74. The fourth-order valence-electron chi connectivity index (χ4n) is 2.37. The molecule has 0 bridgehead atoms. The van der Waals surface area contributed by atoms with E-state index in [1.165, 1.54) is 18.3 Å². The zero-order chi connectivity index (χ0) is 20.7. The first-order chi connectivity index (χ1) is 14.0. The molecular formula is C21H18N2O5S. The van der Waals surface area contributed by atoms with Crippen molar-refractivity contribution in [3.63, 3.8) is 0 Å². The van der Waals surface area contributed by atoms with E-state index >= 15 is 0 Å². The van der Waals surface area contributed by atoms with Crippen molar-refractivity contribution in [2.75, 3.05) is 7.11 Å². The Morgan fingerprint density at radius 3 is 2.34 bits per heavy atom. The van der Waals surface area contributed by atoms with Crippen LogP contribution in [0.25, 0.3) is 0 Å². The molecule has 7 nitrogen and oxygen atoms in total. The summed E-state index contributed by atoms with van der Waals surface area (Å²) < 4.78 is 34.7. The first-order valence-corrected chi connectivity index (χ1v) is 10.0. The van der Waals surface area contributed by atoms with E-state index < -0.39 is 16.0 Å². The number of nitrogens with one attached hydrogen (secondary N) is 1. The summed E-state index contributed by atoms with van der Waals surface area (Å²) in [4.78, 5) is 14.5. The Morgan fingerprint density at radius 2 is 1.66 bits per heavy atom. The van der Waals surface area contributed by atoms with Gasteiger partial charge in [-0.3, -0.25) is 0 Å². The Kier molecular flexibility index (Phi) is 6.25. The second kappa shape index (κ2) is 9.03. The lowest BCUT2D eigenvalue weighted by Gasteiger charge is -2.06. The van der Waals surface area contributed by atoms with E-state index in [1.807, 2.05) is 0 Å². The molecule has 0 aliphatic carbocycles. The minimum absolute atomic E-state index is 0.110. The molecule has 0 aromatic heterocycles. The third-order valence-corrected chi connectivity index (χ3v) is 5.07. The Labute approximate surface area is 168 Å². The van der Waals surface area contributed by atoms with Crippen molar-refractivity contribution in [2.45, 2.75) is 4.90 Å². The highest BCUT2D eigenvalue weighted by Gasteiger charge is 2.11. The third kappa shape index (κ3) is 5.43. The number of nitrogens with zero attached hydrogens (tertiary/aromatic N) is 1. The van der Waals surface area contributed by atoms with Gasteiger partial charge in [0.15, 0.2) is 0 Å². The monoisotopic (exact) mass is 410 g/mol. The summed E-state index contributed by atoms with van der Waals surface area (Å²) in [6.07, 6.45) is 1.32. The number of methoxy groups -OCH3 is 1. The zero-order valence-corrected chi connectivity index (χ0v) is 16.3. The van der Waals surface area contributed by atoms with Gasteiger partial charge in [-0.2, -0.15) is 13.5 Å². The predicted molar refractivity (Wildman–Crippen MR) is 109 cm³/mol. The maximum atomic E-state index is 12.2. The van der Waals surface area contributed by atoms with Crippen LogP contribution in [0.2, 0.25) is 0 Å². The molecule has 3 aromatic carbocycles. The van der Waals surface area contributed by atoms with Gasteiger partial charge in [0.25, 0.3) is 10.0 Å². The summed E-state index contributed by atoms with van der Waals surface area (Å²) in [7, 11) is -2.20. The van der Waals surface area contributed by atoms with Gasteiger partial charge in [0.1, 0.15) is 11.5 Å². The number of sulfonamides is 1. The van der Waals surface area contributed by atoms with E-state index in [4.69, 9.17) is 9.47 Å². The molecule has 0 atom stereocenters. The number of carbonyl (C=O) groups is 1. The van der Waals surface area contributed by atoms with Gasteiger partial charge >= 0.3 is 5.97 Å². The second-order valence-electron chi connectivity index (χ2n) is 5.86. The maximum Gasteiger partial charge on any atom is 0.343 e. The van der Waals surface area contributed by atoms with Gasteiger partial charge < -0.3 is 9.47 Å². The third-order valence-electron chi connectivity index (χ3n) is 3.83. The summed E-state index contributed by atoms with van der Waals surface area (Å²) in [6, 6.07) is 21.0. The molecule has 148 valence electrons. The Bertz CT molecular complexity index is 1110. The van der Waals surface area contributed by atoms with Crippen molar-refractivity contribution in [2.24, 2.45) is 5.10 Å². The molecule has 3 aromatic rings. The number of hydrogen-bond donors (Lipinski definition) is 1. The minimum Gasteiger partial charge on any atom is -0.497 e. The lowest BCUT2D eigenvalue weighted by atomic mass is 10.2. The van der Waals surface area contributed by atoms with Gasteiger partial charge in [0, 0.05) is 0 Å². The predicted octanol–water partition coefficient (Wildman–Crippen LogP) is 3.23. The molecule has 0 aliphatic heterocycles. The first-order valence-electron chi connectivity index (χ1n) is 8.54. The summed E-state index contributed by atoms with van der Waals surface area (Å²) in [5.74, 6) is 0.421. The fraction of sp³-hybridized carbons (Fsp3) is 0.0476. The van der Waals surface area contributed by atoms with E-state index in [-0.39, 0.29) is 4.90 Å². The number of hydrazone groups is 1. The molecule has 1 N–H and O–H groups in total. The average Bonchev–Trinajstić information content (AvgIpc) is 2.74. The number of hydrogen-bond acceptors (Lipinski definition) is 6. The lowest BCUT2D eigenvalue weighted by Crippen LogP contribution is -2.18. The van der Waals surface area contributed by atoms with E-state index in [2.05, 4.69) is 9.93 Å². The molecule has 0 fully saturated rings. The number of rotatable bonds is 7. The van der Waals surface area contributed by atoms with Crippen LogP contribution in [0.1, 0.15) is 15.9 Å². The topological polar surface area (TPSA) is 94.1 Å². The number of esters is 1. The Morgan fingerprint density at radius 1 is 0.931 bits per heavy atom. The van der Waals surface area contributed by atoms with Crippen molar-refractivity contribution in [3.8, 4) is 11.5 Å². The molecule has 0 amide bonds. The van der Waals surface area contributed by atoms with Crippen LogP contribution in [-0.2, 0) is 10.0 Å². The van der Waals surface area contributed by atoms with Crippen LogP contribution >= 0.6 is 0 Å². The van der Waals surface area contributed by atoms with E-state index in [0.717, 1.165) is 0 Å². The van der Waals surface area contributed by atoms with Crippen LogP contribution in [-0.4, -0.2) is 27.7 Å². The molecule has 0 aliphatic rings. The summed E-state index contributed by atoms with van der Waals surface area (Å²) in [5.41, 5.74) is 0.932. The Balaban J connectivity index is 1.66. The number of ether oxygens (including phenoxy) is 2. The van der Waals surface area contributed by atoms with Gasteiger partial charge in [-0.15, -0.1) is 0 Å². The highest BCUT2D eigenvalue weighted by Crippen LogP contribution is 2.16. The van der Waals surface area contributed by atoms with Crippen LogP contribution in [0.15, 0.2) is 88.9 Å². The molecule has 3 rings (SSSR count). The molecule has 8 heteroatoms. The first kappa shape index (κ1) is 20.1. The maximum absolute atomic E-state index is 12.2. The van der Waals surface area contributed by atoms with Crippen LogP contribution in [0.5, 0.6) is 11.5 Å². The quantitative estimate of drug-likeness (QED) is 0.279. The van der Waals surface area contributed by atoms with Crippen molar-refractivity contribution in [1.82, 2.24) is 4.83 Å². The molecule has 0 unspecified atom stereocenters. The van der Waals surface area contributed by atoms with E-state index in [9.17, 15) is 13.2 Å². The van der Waals surface area contributed by atoms with Gasteiger partial charge in [-0.1, -0.05) is 30.3 Å². The fourth-order valence-corrected chi connectivity index (χ4v) is 3.19. The number of carbonyl (C=O) groups excluding carboxylic acids is 1. The SMILES string of the molecule is COc1ccc(C(=O)Oc2cccc(/C=N\NS(=O)(=O)c3ccccc3)c2)cc1. The highest BCUT2D eigenvalue weighted by atomic mass is 32.2. The molecular weight excluding hydrogens is 392 g/mol. The normalized spacial score (nSPS) is 11.2. The zero-order valence-electron chi connectivity index (χ0n) is 15.5. The smallest absolute Gasteiger partial charge is 0.343 e. The standard InChI is InChI=1S/C21H18N2O5S/c1-27-18-12-10-17(11-13-18)21(24)28-19-7-5-6-16(14-19)15-22-23-29(25,26)20-8-3-2-4-9-20/h2-15,23H,1H3/b22-15-. The molecule has 0 radical (unpaired) electrons. The number of benzene rings is 3. The van der Waals surface area contributed by atoms with Crippen molar-refractivity contribution in [3.05, 3.63) is 90.0 Å². The largest absolute Gasteiger partial charge is 0.497 e. The van der Waals surface area contributed by atoms with Gasteiger partial charge in [-0.25, -0.2) is 9.63 Å². The van der Waals surface area contributed by atoms with Crippen LogP contribution < -0.4 is 14.3 Å². The van der Waals surface area contributed by atoms with Crippen molar-refractivity contribution >= 4 is 22.2 Å². The molecule has 0 heterocycles. The van der Waals surface area contributed by atoms with Gasteiger partial charge in [-0.05, 0) is 54.1 Å². The Hall–Kier alpha value is -3.65. The lowest BCUT2D eigenvalue weighted by molar-refractivity contribution is 0.0734.